The number of fused-ring (bicyclic) bond motifs is 1. The van der Waals surface area contributed by atoms with Gasteiger partial charge < -0.3 is 9.47 Å². The predicted molar refractivity (Wildman–Crippen MR) is 96.5 cm³/mol. The van der Waals surface area contributed by atoms with Crippen molar-refractivity contribution in [3.8, 4) is 11.5 Å². The van der Waals surface area contributed by atoms with Gasteiger partial charge in [-0.1, -0.05) is 23.5 Å². The third-order valence-electron chi connectivity index (χ3n) is 3.71. The Morgan fingerprint density at radius 1 is 1.12 bits per heavy atom. The smallest absolute Gasteiger partial charge is 0.260 e. The first kappa shape index (κ1) is 16.3. The molecule has 0 bridgehead atoms. The number of amides is 1. The second-order valence-electron chi connectivity index (χ2n) is 5.08. The van der Waals surface area contributed by atoms with Crippen LogP contribution in [0.5, 0.6) is 11.5 Å². The van der Waals surface area contributed by atoms with E-state index in [2.05, 4.69) is 4.98 Å². The van der Waals surface area contributed by atoms with Gasteiger partial charge in [0, 0.05) is 12.1 Å². The molecule has 0 atom stereocenters. The van der Waals surface area contributed by atoms with Gasteiger partial charge in [0.1, 0.15) is 0 Å². The van der Waals surface area contributed by atoms with E-state index in [1.807, 2.05) is 31.2 Å². The van der Waals surface area contributed by atoms with E-state index in [-0.39, 0.29) is 5.91 Å². The van der Waals surface area contributed by atoms with Crippen LogP contribution in [0.4, 0.5) is 5.13 Å². The van der Waals surface area contributed by atoms with Crippen molar-refractivity contribution in [1.29, 1.82) is 0 Å². The van der Waals surface area contributed by atoms with Crippen LogP contribution in [0.15, 0.2) is 42.5 Å². The lowest BCUT2D eigenvalue weighted by atomic mass is 10.1. The quantitative estimate of drug-likeness (QED) is 0.704. The van der Waals surface area contributed by atoms with E-state index < -0.39 is 0 Å². The first-order valence-corrected chi connectivity index (χ1v) is 8.39. The number of para-hydroxylation sites is 1. The summed E-state index contributed by atoms with van der Waals surface area (Å²) in [5.41, 5.74) is 1.44. The fourth-order valence-electron chi connectivity index (χ4n) is 2.47. The maximum Gasteiger partial charge on any atom is 0.260 e. The summed E-state index contributed by atoms with van der Waals surface area (Å²) in [6.45, 7) is 2.47. The molecule has 0 spiro atoms. The van der Waals surface area contributed by atoms with Gasteiger partial charge in [0.05, 0.1) is 24.4 Å². The Balaban J connectivity index is 1.97. The van der Waals surface area contributed by atoms with Crippen LogP contribution in [0, 0.1) is 0 Å². The van der Waals surface area contributed by atoms with Crippen LogP contribution in [0.25, 0.3) is 10.2 Å². The van der Waals surface area contributed by atoms with Crippen molar-refractivity contribution in [3.63, 3.8) is 0 Å². The molecule has 0 aliphatic rings. The summed E-state index contributed by atoms with van der Waals surface area (Å²) in [4.78, 5) is 19.2. The van der Waals surface area contributed by atoms with Gasteiger partial charge in [-0.25, -0.2) is 4.98 Å². The predicted octanol–water partition coefficient (Wildman–Crippen LogP) is 3.98. The summed E-state index contributed by atoms with van der Waals surface area (Å²) < 4.78 is 11.6. The Bertz CT molecular complexity index is 843. The van der Waals surface area contributed by atoms with Gasteiger partial charge in [-0.2, -0.15) is 0 Å². The number of anilines is 1. The highest BCUT2D eigenvalue weighted by atomic mass is 32.1. The molecular formula is C18H18N2O3S. The Morgan fingerprint density at radius 2 is 1.88 bits per heavy atom. The highest BCUT2D eigenvalue weighted by Gasteiger charge is 2.21. The van der Waals surface area contributed by atoms with E-state index in [1.54, 1.807) is 37.3 Å². The van der Waals surface area contributed by atoms with Gasteiger partial charge in [-0.3, -0.25) is 9.69 Å². The first-order valence-electron chi connectivity index (χ1n) is 7.57. The molecule has 0 aliphatic carbocycles. The zero-order chi connectivity index (χ0) is 17.1. The highest BCUT2D eigenvalue weighted by molar-refractivity contribution is 7.22. The summed E-state index contributed by atoms with van der Waals surface area (Å²) in [6, 6.07) is 13.0. The Labute approximate surface area is 144 Å². The molecule has 0 saturated heterocycles. The van der Waals surface area contributed by atoms with Crippen molar-refractivity contribution in [2.75, 3.05) is 25.7 Å². The minimum absolute atomic E-state index is 0.113. The maximum absolute atomic E-state index is 12.9. The van der Waals surface area contributed by atoms with Crippen LogP contribution in [-0.2, 0) is 0 Å². The summed E-state index contributed by atoms with van der Waals surface area (Å²) in [5.74, 6) is 1.01. The third kappa shape index (κ3) is 2.92. The molecule has 0 aliphatic heterocycles. The fraction of sp³-hybridized carbons (Fsp3) is 0.222. The monoisotopic (exact) mass is 342 g/mol. The molecule has 124 valence electrons. The number of hydrogen-bond acceptors (Lipinski definition) is 5. The van der Waals surface area contributed by atoms with Crippen LogP contribution >= 0.6 is 11.3 Å². The molecule has 0 fully saturated rings. The van der Waals surface area contributed by atoms with Crippen LogP contribution in [-0.4, -0.2) is 31.7 Å². The van der Waals surface area contributed by atoms with E-state index in [9.17, 15) is 4.79 Å². The average Bonchev–Trinajstić information content (AvgIpc) is 3.05. The van der Waals surface area contributed by atoms with E-state index in [0.29, 0.717) is 28.7 Å². The van der Waals surface area contributed by atoms with Crippen molar-refractivity contribution in [2.45, 2.75) is 6.92 Å². The number of carbonyl (C=O) groups is 1. The van der Waals surface area contributed by atoms with Crippen molar-refractivity contribution >= 4 is 32.6 Å². The normalized spacial score (nSPS) is 10.6. The van der Waals surface area contributed by atoms with Crippen molar-refractivity contribution in [1.82, 2.24) is 4.98 Å². The molecule has 0 saturated carbocycles. The molecule has 0 unspecified atom stereocenters. The molecule has 1 amide bonds. The topological polar surface area (TPSA) is 51.7 Å². The number of aromatic nitrogens is 1. The highest BCUT2D eigenvalue weighted by Crippen LogP contribution is 2.31. The van der Waals surface area contributed by atoms with Gasteiger partial charge in [0.25, 0.3) is 5.91 Å². The maximum atomic E-state index is 12.9. The van der Waals surface area contributed by atoms with Gasteiger partial charge in [0.15, 0.2) is 16.6 Å². The van der Waals surface area contributed by atoms with Crippen molar-refractivity contribution in [2.24, 2.45) is 0 Å². The van der Waals surface area contributed by atoms with E-state index in [1.165, 1.54) is 11.3 Å². The summed E-state index contributed by atoms with van der Waals surface area (Å²) in [7, 11) is 3.12. The standard InChI is InChI=1S/C18H18N2O3S/c1-4-20(18-19-13-7-5-6-8-16(13)24-18)17(21)12-9-10-14(22-2)15(11-12)23-3/h5-11H,4H2,1-3H3. The summed E-state index contributed by atoms with van der Waals surface area (Å²) >= 11 is 1.51. The van der Waals surface area contributed by atoms with Crippen LogP contribution < -0.4 is 14.4 Å². The summed E-state index contributed by atoms with van der Waals surface area (Å²) in [5, 5.41) is 0.693. The van der Waals surface area contributed by atoms with Crippen LogP contribution in [0.2, 0.25) is 0 Å². The number of rotatable bonds is 5. The lowest BCUT2D eigenvalue weighted by molar-refractivity contribution is 0.0988. The molecule has 0 N–H and O–H groups in total. The Kier molecular flexibility index (Phi) is 4.66. The average molecular weight is 342 g/mol. The van der Waals surface area contributed by atoms with Gasteiger partial charge in [-0.05, 0) is 37.3 Å². The third-order valence-corrected chi connectivity index (χ3v) is 4.76. The molecule has 24 heavy (non-hydrogen) atoms. The molecule has 5 nitrogen and oxygen atoms in total. The van der Waals surface area contributed by atoms with E-state index in [0.717, 1.165) is 10.2 Å². The fourth-order valence-corrected chi connectivity index (χ4v) is 3.49. The molecule has 6 heteroatoms. The minimum atomic E-state index is -0.113. The van der Waals surface area contributed by atoms with E-state index >= 15 is 0 Å². The number of ether oxygens (including phenoxy) is 2. The molecule has 1 heterocycles. The molecule has 2 aromatic carbocycles. The summed E-state index contributed by atoms with van der Waals surface area (Å²) in [6.07, 6.45) is 0. The molecule has 3 rings (SSSR count). The minimum Gasteiger partial charge on any atom is -0.493 e. The number of nitrogens with zero attached hydrogens (tertiary/aromatic N) is 2. The molecule has 0 radical (unpaired) electrons. The largest absolute Gasteiger partial charge is 0.493 e. The second kappa shape index (κ2) is 6.88. The second-order valence-corrected chi connectivity index (χ2v) is 6.09. The van der Waals surface area contributed by atoms with E-state index in [4.69, 9.17) is 9.47 Å². The Morgan fingerprint density at radius 3 is 2.54 bits per heavy atom. The van der Waals surface area contributed by atoms with Gasteiger partial charge in [-0.15, -0.1) is 0 Å². The van der Waals surface area contributed by atoms with Crippen molar-refractivity contribution < 1.29 is 14.3 Å². The van der Waals surface area contributed by atoms with Crippen LogP contribution in [0.3, 0.4) is 0 Å². The van der Waals surface area contributed by atoms with Crippen LogP contribution in [0.1, 0.15) is 17.3 Å². The lowest BCUT2D eigenvalue weighted by Gasteiger charge is -2.18. The van der Waals surface area contributed by atoms with Gasteiger partial charge in [0.2, 0.25) is 0 Å². The van der Waals surface area contributed by atoms with Crippen molar-refractivity contribution in [3.05, 3.63) is 48.0 Å². The number of thiazole rings is 1. The zero-order valence-electron chi connectivity index (χ0n) is 13.8. The van der Waals surface area contributed by atoms with Gasteiger partial charge >= 0.3 is 0 Å². The first-order chi connectivity index (χ1) is 11.7. The SMILES string of the molecule is CCN(C(=O)c1ccc(OC)c(OC)c1)c1nc2ccccc2s1. The molecule has 3 aromatic rings. The lowest BCUT2D eigenvalue weighted by Crippen LogP contribution is -2.30. The number of benzene rings is 2. The Hall–Kier alpha value is -2.60. The zero-order valence-corrected chi connectivity index (χ0v) is 14.6. The molecular weight excluding hydrogens is 324 g/mol. The molecule has 1 aromatic heterocycles. The number of carbonyl (C=O) groups excluding carboxylic acids is 1. The number of methoxy groups -OCH3 is 2. The number of hydrogen-bond donors (Lipinski definition) is 0.